The molecular weight excluding hydrogens is 1220 g/mol. The molecule has 0 aliphatic rings. The van der Waals surface area contributed by atoms with Crippen LogP contribution in [0.15, 0.2) is 231 Å². The number of H-pyrrole nitrogens is 1. The molecule has 0 amide bonds. The molecule has 10 aromatic carbocycles. The minimum absolute atomic E-state index is 0.131. The van der Waals surface area contributed by atoms with Gasteiger partial charge in [-0.1, -0.05) is 223 Å². The molecule has 3 aromatic heterocycles. The Morgan fingerprint density at radius 2 is 0.844 bits per heavy atom. The van der Waals surface area contributed by atoms with Crippen LogP contribution in [-0.4, -0.2) is 83.3 Å². The van der Waals surface area contributed by atoms with E-state index in [9.17, 15) is 28.8 Å². The van der Waals surface area contributed by atoms with Gasteiger partial charge in [0, 0.05) is 0 Å². The van der Waals surface area contributed by atoms with Crippen molar-refractivity contribution in [2.75, 3.05) is 33.0 Å². The zero-order valence-electron chi connectivity index (χ0n) is 54.1. The lowest BCUT2D eigenvalue weighted by Gasteiger charge is -2.15. The minimum Gasteiger partial charge on any atom is -0.479 e. The average molecular weight is 1290 g/mol. The predicted octanol–water partition coefficient (Wildman–Crippen LogP) is 16.1. The largest absolute Gasteiger partial charge is 0.479 e. The van der Waals surface area contributed by atoms with Gasteiger partial charge in [0.1, 0.15) is 11.7 Å². The number of aromatic nitrogens is 3. The fraction of sp³-hybridized carbons (Fsp3) is 0.179. The molecule has 13 rings (SSSR count). The number of ketones is 1. The van der Waals surface area contributed by atoms with Crippen LogP contribution in [0, 0.1) is 20.8 Å². The predicted molar refractivity (Wildman–Crippen MR) is 369 cm³/mol. The molecule has 488 valence electrons. The van der Waals surface area contributed by atoms with Gasteiger partial charge in [-0.2, -0.15) is 0 Å². The van der Waals surface area contributed by atoms with Gasteiger partial charge in [-0.05, 0) is 130 Å². The summed E-state index contributed by atoms with van der Waals surface area (Å²) < 4.78 is 40.7. The van der Waals surface area contributed by atoms with Gasteiger partial charge in [0.25, 0.3) is 0 Å². The number of aryl methyl sites for hydroxylation is 3. The Morgan fingerprint density at radius 1 is 0.458 bits per heavy atom. The highest BCUT2D eigenvalue weighted by atomic mass is 16.6. The third-order valence-corrected chi connectivity index (χ3v) is 15.3. The fourth-order valence-corrected chi connectivity index (χ4v) is 11.0. The van der Waals surface area contributed by atoms with Crippen LogP contribution in [0.5, 0.6) is 11.9 Å². The highest BCUT2D eigenvalue weighted by Crippen LogP contribution is 2.39. The van der Waals surface area contributed by atoms with Crippen LogP contribution in [0.3, 0.4) is 0 Å². The van der Waals surface area contributed by atoms with Crippen molar-refractivity contribution < 1.29 is 66.3 Å². The van der Waals surface area contributed by atoms with E-state index in [1.807, 2.05) is 233 Å². The summed E-state index contributed by atoms with van der Waals surface area (Å²) in [6.07, 6.45) is 0.342. The molecule has 2 N–H and O–H groups in total. The van der Waals surface area contributed by atoms with E-state index < -0.39 is 30.4 Å². The smallest absolute Gasteiger partial charge is 0.365 e. The van der Waals surface area contributed by atoms with Gasteiger partial charge in [0.05, 0.1) is 60.0 Å². The van der Waals surface area contributed by atoms with E-state index in [-0.39, 0.29) is 42.5 Å². The van der Waals surface area contributed by atoms with E-state index in [4.69, 9.17) is 42.4 Å². The Kier molecular flexibility index (Phi) is 23.6. The van der Waals surface area contributed by atoms with Gasteiger partial charge in [0.15, 0.2) is 13.2 Å². The summed E-state index contributed by atoms with van der Waals surface area (Å²) in [6.45, 7) is 12.5. The standard InChI is InChI=1S/C18H17NO4.C16H13NO4.C16H16O3.C14H11NO2.C14H14O2/c1-3-21-16(20)11-22-18-17(12(2)19-23-18)15-10-6-8-13-7-4-5-9-14(13)15;1-10-15(16(21-17-10)20-9-14(18)19)13-8-4-6-11-5-2-3-7-12(11)13;1-3-19-16(18)15(11(2)17)14-10-6-8-12-7-4-5-9-13(12)14;1-9-13(14(16)17-15-9)12-8-4-6-10-5-2-3-7-11(10)12;1-2-16-14(15)10-12-8-5-7-11-6-3-4-9-13(11)12/h4-10H,3,11H2,1-2H3;2-8H,9H2,1H3,(H,18,19);4-10,15H,3H2,1-2H3;2-8,15H,1H3;3-9H,2,10H2,1H3. The van der Waals surface area contributed by atoms with Crippen LogP contribution < -0.4 is 15.1 Å². The van der Waals surface area contributed by atoms with Crippen molar-refractivity contribution in [2.45, 2.75) is 60.8 Å². The Balaban J connectivity index is 0.000000142. The first kappa shape index (κ1) is 68.4. The van der Waals surface area contributed by atoms with Gasteiger partial charge in [-0.15, -0.1) is 0 Å². The Bertz CT molecular complexity index is 4900. The number of hydrogen-bond donors (Lipinski definition) is 2. The fourth-order valence-electron chi connectivity index (χ4n) is 11.0. The second kappa shape index (κ2) is 33.1. The number of nitrogens with zero attached hydrogens (tertiary/aromatic N) is 2. The maximum Gasteiger partial charge on any atom is 0.365 e. The molecular formula is C78H71N3O15. The molecule has 0 bridgehead atoms. The summed E-state index contributed by atoms with van der Waals surface area (Å²) in [4.78, 5) is 69.0. The Labute approximate surface area is 552 Å². The topological polar surface area (TPSA) is 250 Å². The van der Waals surface area contributed by atoms with Crippen molar-refractivity contribution in [3.8, 4) is 45.3 Å². The molecule has 0 aliphatic carbocycles. The van der Waals surface area contributed by atoms with Crippen LogP contribution in [0.25, 0.3) is 87.2 Å². The van der Waals surface area contributed by atoms with Crippen molar-refractivity contribution >= 4 is 83.5 Å². The SMILES string of the molecule is CCOC(=O)C(C(C)=O)c1cccc2ccccc12.CCOC(=O)COc1onc(C)c1-c1cccc2ccccc12.CCOC(=O)Cc1cccc2ccccc12.Cc1[nH]oc(=O)c1-c1cccc2ccccc12.Cc1noc(OCC(=O)O)c1-c1cccc2ccccc12. The number of Topliss-reactive ketones (excluding diaryl/α,β-unsaturated/α-hetero) is 1. The van der Waals surface area contributed by atoms with E-state index in [2.05, 4.69) is 15.5 Å². The van der Waals surface area contributed by atoms with Crippen molar-refractivity contribution in [1.82, 2.24) is 15.5 Å². The molecule has 1 atom stereocenters. The zero-order valence-corrected chi connectivity index (χ0v) is 54.1. The molecule has 0 aliphatic heterocycles. The van der Waals surface area contributed by atoms with E-state index in [1.54, 1.807) is 20.8 Å². The van der Waals surface area contributed by atoms with Crippen LogP contribution >= 0.6 is 0 Å². The minimum atomic E-state index is -1.06. The first-order chi connectivity index (χ1) is 46.6. The number of ether oxygens (including phenoxy) is 5. The summed E-state index contributed by atoms with van der Waals surface area (Å²) in [7, 11) is 0. The van der Waals surface area contributed by atoms with Crippen LogP contribution in [0.1, 0.15) is 61.8 Å². The summed E-state index contributed by atoms with van der Waals surface area (Å²) in [5.41, 5.74) is 8.38. The number of aliphatic carboxylic acids is 1. The zero-order chi connectivity index (χ0) is 68.1. The number of carboxylic acids is 1. The molecule has 0 radical (unpaired) electrons. The Hall–Kier alpha value is -11.9. The molecule has 0 spiro atoms. The van der Waals surface area contributed by atoms with Crippen LogP contribution in [0.2, 0.25) is 0 Å². The lowest BCUT2D eigenvalue weighted by molar-refractivity contribution is -0.148. The summed E-state index contributed by atoms with van der Waals surface area (Å²) in [6, 6.07) is 69.1. The summed E-state index contributed by atoms with van der Waals surface area (Å²) in [5.74, 6) is -2.83. The summed E-state index contributed by atoms with van der Waals surface area (Å²) >= 11 is 0. The van der Waals surface area contributed by atoms with Gasteiger partial charge in [-0.25, -0.2) is 19.5 Å². The Morgan fingerprint density at radius 3 is 1.29 bits per heavy atom. The highest BCUT2D eigenvalue weighted by molar-refractivity contribution is 6.07. The molecule has 0 saturated heterocycles. The second-order valence-corrected chi connectivity index (χ2v) is 21.7. The molecule has 1 unspecified atom stereocenters. The van der Waals surface area contributed by atoms with E-state index in [0.717, 1.165) is 87.4 Å². The molecule has 3 heterocycles. The van der Waals surface area contributed by atoms with Gasteiger partial charge >= 0.3 is 41.4 Å². The summed E-state index contributed by atoms with van der Waals surface area (Å²) in [5, 5.41) is 29.9. The van der Waals surface area contributed by atoms with Gasteiger partial charge < -0.3 is 42.4 Å². The molecule has 0 fully saturated rings. The third-order valence-electron chi connectivity index (χ3n) is 15.3. The number of fused-ring (bicyclic) bond motifs is 5. The van der Waals surface area contributed by atoms with Crippen molar-refractivity contribution in [3.05, 3.63) is 251 Å². The average Bonchev–Trinajstić information content (AvgIpc) is 1.51. The number of rotatable bonds is 17. The maximum atomic E-state index is 12.0. The van der Waals surface area contributed by atoms with E-state index >= 15 is 0 Å². The number of carbonyl (C=O) groups excluding carboxylic acids is 4. The van der Waals surface area contributed by atoms with E-state index in [1.165, 1.54) is 6.92 Å². The molecule has 13 aromatic rings. The number of nitrogens with one attached hydrogen (secondary N) is 1. The molecule has 0 saturated carbocycles. The number of aromatic amines is 1. The maximum absolute atomic E-state index is 12.0. The lowest BCUT2D eigenvalue weighted by Crippen LogP contribution is -2.22. The van der Waals surface area contributed by atoms with E-state index in [0.29, 0.717) is 47.7 Å². The first-order valence-electron chi connectivity index (χ1n) is 31.0. The number of esters is 3. The molecule has 96 heavy (non-hydrogen) atoms. The quantitative estimate of drug-likeness (QED) is 0.0488. The van der Waals surface area contributed by atoms with Crippen LogP contribution in [0.4, 0.5) is 0 Å². The van der Waals surface area contributed by atoms with Gasteiger partial charge in [-0.3, -0.25) is 14.4 Å². The molecule has 18 nitrogen and oxygen atoms in total. The van der Waals surface area contributed by atoms with Gasteiger partial charge in [0.2, 0.25) is 0 Å². The number of carbonyl (C=O) groups is 5. The normalized spacial score (nSPS) is 10.9. The van der Waals surface area contributed by atoms with Crippen molar-refractivity contribution in [1.29, 1.82) is 0 Å². The first-order valence-corrected chi connectivity index (χ1v) is 31.0. The van der Waals surface area contributed by atoms with Crippen molar-refractivity contribution in [3.63, 3.8) is 0 Å². The third kappa shape index (κ3) is 16.8. The molecule has 18 heteroatoms. The second-order valence-electron chi connectivity index (χ2n) is 21.7. The lowest BCUT2D eigenvalue weighted by atomic mass is 9.91. The van der Waals surface area contributed by atoms with Crippen LogP contribution in [-0.2, 0) is 44.6 Å². The van der Waals surface area contributed by atoms with Crippen molar-refractivity contribution in [2.24, 2.45) is 0 Å². The number of hydrogen-bond acceptors (Lipinski definition) is 16. The number of carboxylic acid groups (broad SMARTS) is 1. The highest BCUT2D eigenvalue weighted by Gasteiger charge is 2.28. The number of benzene rings is 10. The monoisotopic (exact) mass is 1290 g/mol.